The normalized spacial score (nSPS) is 24.9. The van der Waals surface area contributed by atoms with Gasteiger partial charge in [0, 0.05) is 24.9 Å². The molecule has 0 saturated heterocycles. The maximum Gasteiger partial charge on any atom is 0.328 e. The highest BCUT2D eigenvalue weighted by Crippen LogP contribution is 2.44. The smallest absolute Gasteiger partial charge is 0.328 e. The zero-order valence-electron chi connectivity index (χ0n) is 7.64. The molecule has 14 heavy (non-hydrogen) atoms. The van der Waals surface area contributed by atoms with Gasteiger partial charge < -0.3 is 5.11 Å². The summed E-state index contributed by atoms with van der Waals surface area (Å²) in [5, 5.41) is 8.71. The molecule has 76 valence electrons. The number of rotatable bonds is 3. The first-order valence-electron chi connectivity index (χ1n) is 4.64. The molecule has 1 aliphatic rings. The van der Waals surface area contributed by atoms with Gasteiger partial charge in [-0.1, -0.05) is 0 Å². The largest absolute Gasteiger partial charge is 0.396 e. The van der Waals surface area contributed by atoms with Crippen LogP contribution in [0.3, 0.4) is 0 Å². The summed E-state index contributed by atoms with van der Waals surface area (Å²) in [6, 6.07) is 1.50. The zero-order valence-corrected chi connectivity index (χ0v) is 7.64. The van der Waals surface area contributed by atoms with Crippen molar-refractivity contribution in [1.82, 2.24) is 9.55 Å². The monoisotopic (exact) mass is 196 g/mol. The Labute approximate surface area is 80.0 Å². The van der Waals surface area contributed by atoms with E-state index in [-0.39, 0.29) is 23.9 Å². The van der Waals surface area contributed by atoms with Crippen LogP contribution in [0, 0.1) is 5.92 Å². The van der Waals surface area contributed by atoms with Gasteiger partial charge in [-0.25, -0.2) is 4.79 Å². The van der Waals surface area contributed by atoms with Gasteiger partial charge in [0.2, 0.25) is 0 Å². The second-order valence-electron chi connectivity index (χ2n) is 3.59. The second kappa shape index (κ2) is 3.42. The van der Waals surface area contributed by atoms with Gasteiger partial charge in [-0.15, -0.1) is 0 Å². The molecule has 0 amide bonds. The first-order chi connectivity index (χ1) is 6.72. The van der Waals surface area contributed by atoms with Crippen LogP contribution in [0.4, 0.5) is 0 Å². The Morgan fingerprint density at radius 2 is 2.36 bits per heavy atom. The van der Waals surface area contributed by atoms with Gasteiger partial charge in [0.05, 0.1) is 0 Å². The summed E-state index contributed by atoms with van der Waals surface area (Å²) >= 11 is 0. The van der Waals surface area contributed by atoms with Crippen molar-refractivity contribution in [2.45, 2.75) is 18.9 Å². The van der Waals surface area contributed by atoms with Crippen LogP contribution in [0.1, 0.15) is 18.9 Å². The summed E-state index contributed by atoms with van der Waals surface area (Å²) in [5.41, 5.74) is -0.728. The van der Waals surface area contributed by atoms with E-state index >= 15 is 0 Å². The van der Waals surface area contributed by atoms with E-state index < -0.39 is 0 Å². The van der Waals surface area contributed by atoms with Crippen LogP contribution in [0.25, 0.3) is 0 Å². The minimum atomic E-state index is -0.370. The number of nitrogens with zero attached hydrogens (tertiary/aromatic N) is 1. The Morgan fingerprint density at radius 3 is 3.00 bits per heavy atom. The van der Waals surface area contributed by atoms with Crippen LogP contribution in [-0.4, -0.2) is 21.3 Å². The van der Waals surface area contributed by atoms with Gasteiger partial charge in [0.25, 0.3) is 5.56 Å². The average molecular weight is 196 g/mol. The lowest BCUT2D eigenvalue weighted by Gasteiger charge is -2.01. The number of aliphatic hydroxyl groups excluding tert-OH is 1. The van der Waals surface area contributed by atoms with Crippen LogP contribution >= 0.6 is 0 Å². The summed E-state index contributed by atoms with van der Waals surface area (Å²) in [4.78, 5) is 24.3. The van der Waals surface area contributed by atoms with Gasteiger partial charge in [0.15, 0.2) is 0 Å². The fourth-order valence-electron chi connectivity index (χ4n) is 1.74. The number of aliphatic hydroxyl groups is 1. The Balaban J connectivity index is 2.19. The third-order valence-corrected chi connectivity index (χ3v) is 2.59. The summed E-state index contributed by atoms with van der Waals surface area (Å²) in [6.45, 7) is 0.152. The Hall–Kier alpha value is -1.36. The Morgan fingerprint density at radius 1 is 1.57 bits per heavy atom. The number of hydrogen-bond donors (Lipinski definition) is 2. The molecule has 0 spiro atoms. The molecule has 0 radical (unpaired) electrons. The fourth-order valence-corrected chi connectivity index (χ4v) is 1.74. The zero-order chi connectivity index (χ0) is 10.1. The molecule has 1 aromatic heterocycles. The highest BCUT2D eigenvalue weighted by Gasteiger charge is 2.38. The molecular formula is C9H12N2O3. The van der Waals surface area contributed by atoms with E-state index in [1.165, 1.54) is 16.8 Å². The minimum Gasteiger partial charge on any atom is -0.396 e. The molecule has 0 aromatic carbocycles. The van der Waals surface area contributed by atoms with E-state index in [0.29, 0.717) is 5.92 Å². The molecule has 1 aliphatic carbocycles. The van der Waals surface area contributed by atoms with Gasteiger partial charge in [0.1, 0.15) is 0 Å². The van der Waals surface area contributed by atoms with Crippen LogP contribution in [0.15, 0.2) is 21.9 Å². The molecule has 5 heteroatoms. The lowest BCUT2D eigenvalue weighted by molar-refractivity contribution is 0.276. The molecule has 2 N–H and O–H groups in total. The molecule has 1 aromatic rings. The molecule has 5 nitrogen and oxygen atoms in total. The van der Waals surface area contributed by atoms with Crippen molar-refractivity contribution < 1.29 is 5.11 Å². The number of hydrogen-bond acceptors (Lipinski definition) is 3. The SMILES string of the molecule is O=c1ccn([C@@H]2C[C@H]2CCO)c(=O)[nH]1. The maximum atomic E-state index is 11.3. The molecule has 1 heterocycles. The number of aromatic amines is 1. The van der Waals surface area contributed by atoms with Gasteiger partial charge >= 0.3 is 5.69 Å². The van der Waals surface area contributed by atoms with E-state index in [9.17, 15) is 9.59 Å². The lowest BCUT2D eigenvalue weighted by Crippen LogP contribution is -2.28. The molecular weight excluding hydrogens is 184 g/mol. The minimum absolute atomic E-state index is 0.152. The lowest BCUT2D eigenvalue weighted by atomic mass is 10.3. The van der Waals surface area contributed by atoms with Crippen molar-refractivity contribution in [2.75, 3.05) is 6.61 Å². The molecule has 1 saturated carbocycles. The van der Waals surface area contributed by atoms with Crippen molar-refractivity contribution in [1.29, 1.82) is 0 Å². The topological polar surface area (TPSA) is 75.1 Å². The quantitative estimate of drug-likeness (QED) is 0.683. The van der Waals surface area contributed by atoms with Gasteiger partial charge in [-0.2, -0.15) is 0 Å². The van der Waals surface area contributed by atoms with Crippen LogP contribution in [0.5, 0.6) is 0 Å². The van der Waals surface area contributed by atoms with Crippen molar-refractivity contribution in [3.8, 4) is 0 Å². The Kier molecular flexibility index (Phi) is 2.25. The average Bonchev–Trinajstić information content (AvgIpc) is 2.84. The number of aromatic nitrogens is 2. The van der Waals surface area contributed by atoms with Gasteiger partial charge in [-0.3, -0.25) is 14.3 Å². The van der Waals surface area contributed by atoms with E-state index in [4.69, 9.17) is 5.11 Å². The van der Waals surface area contributed by atoms with E-state index in [0.717, 1.165) is 12.8 Å². The molecule has 0 unspecified atom stereocenters. The molecule has 1 fully saturated rings. The summed E-state index contributed by atoms with van der Waals surface area (Å²) < 4.78 is 1.53. The summed E-state index contributed by atoms with van der Waals surface area (Å²) in [6.07, 6.45) is 3.14. The number of H-pyrrole nitrogens is 1. The summed E-state index contributed by atoms with van der Waals surface area (Å²) in [5.74, 6) is 0.378. The van der Waals surface area contributed by atoms with Crippen LogP contribution in [0.2, 0.25) is 0 Å². The van der Waals surface area contributed by atoms with Crippen LogP contribution < -0.4 is 11.2 Å². The fraction of sp³-hybridized carbons (Fsp3) is 0.556. The summed E-state index contributed by atoms with van der Waals surface area (Å²) in [7, 11) is 0. The van der Waals surface area contributed by atoms with E-state index in [1.54, 1.807) is 0 Å². The standard InChI is InChI=1S/C9H12N2O3/c12-4-2-6-5-7(6)11-3-1-8(13)10-9(11)14/h1,3,6-7,12H,2,4-5H2,(H,10,13,14)/t6-,7-/m1/s1. The van der Waals surface area contributed by atoms with Crippen molar-refractivity contribution >= 4 is 0 Å². The van der Waals surface area contributed by atoms with Crippen molar-refractivity contribution in [2.24, 2.45) is 5.92 Å². The third kappa shape index (κ3) is 1.63. The van der Waals surface area contributed by atoms with Gasteiger partial charge in [-0.05, 0) is 18.8 Å². The predicted octanol–water partition coefficient (Wildman–Crippen LogP) is -0.520. The first-order valence-corrected chi connectivity index (χ1v) is 4.64. The highest BCUT2D eigenvalue weighted by molar-refractivity contribution is 4.96. The van der Waals surface area contributed by atoms with E-state index in [2.05, 4.69) is 4.98 Å². The van der Waals surface area contributed by atoms with Crippen molar-refractivity contribution in [3.63, 3.8) is 0 Å². The molecule has 0 aliphatic heterocycles. The third-order valence-electron chi connectivity index (χ3n) is 2.59. The second-order valence-corrected chi connectivity index (χ2v) is 3.59. The molecule has 2 atom stereocenters. The highest BCUT2D eigenvalue weighted by atomic mass is 16.3. The maximum absolute atomic E-state index is 11.3. The van der Waals surface area contributed by atoms with Crippen molar-refractivity contribution in [3.05, 3.63) is 33.1 Å². The first kappa shape index (κ1) is 9.21. The Bertz CT molecular complexity index is 434. The van der Waals surface area contributed by atoms with Crippen LogP contribution in [-0.2, 0) is 0 Å². The van der Waals surface area contributed by atoms with E-state index in [1.807, 2.05) is 0 Å². The molecule has 0 bridgehead atoms. The molecule has 2 rings (SSSR count). The predicted molar refractivity (Wildman–Crippen MR) is 50.2 cm³/mol. The number of nitrogens with one attached hydrogen (secondary N) is 1.